The molecule has 1 amide bonds. The maximum atomic E-state index is 12.5. The summed E-state index contributed by atoms with van der Waals surface area (Å²) in [6.45, 7) is 0.356. The van der Waals surface area contributed by atoms with Crippen molar-refractivity contribution in [3.05, 3.63) is 84.3 Å². The van der Waals surface area contributed by atoms with E-state index in [1.807, 2.05) is 25.1 Å². The fourth-order valence-electron chi connectivity index (χ4n) is 2.82. The van der Waals surface area contributed by atoms with Gasteiger partial charge in [-0.2, -0.15) is 0 Å². The standard InChI is InChI=1S/C21H23N3O4S/c1-24(2)19(20-9-6-14-28-20)15-22-21(25)16-10-12-18(13-11-16)29(26,27)23-17-7-4-3-5-8-17/h3-14,19,23H,15H2,1-2H3,(H,22,25)/t19-/m1/s1. The number of amides is 1. The highest BCUT2D eigenvalue weighted by molar-refractivity contribution is 7.92. The first kappa shape index (κ1) is 20.6. The number of hydrogen-bond donors (Lipinski definition) is 2. The summed E-state index contributed by atoms with van der Waals surface area (Å²) in [6.07, 6.45) is 1.59. The largest absolute Gasteiger partial charge is 0.468 e. The molecule has 152 valence electrons. The molecule has 0 spiro atoms. The average Bonchev–Trinajstić information content (AvgIpc) is 3.22. The maximum Gasteiger partial charge on any atom is 0.261 e. The number of sulfonamides is 1. The normalized spacial score (nSPS) is 12.5. The first-order chi connectivity index (χ1) is 13.9. The van der Waals surface area contributed by atoms with Crippen LogP contribution < -0.4 is 10.0 Å². The number of rotatable bonds is 8. The Morgan fingerprint density at radius 2 is 1.69 bits per heavy atom. The van der Waals surface area contributed by atoms with Crippen molar-refractivity contribution in [3.8, 4) is 0 Å². The Hall–Kier alpha value is -3.10. The Bertz CT molecular complexity index is 1030. The number of nitrogens with one attached hydrogen (secondary N) is 2. The van der Waals surface area contributed by atoms with Gasteiger partial charge >= 0.3 is 0 Å². The Labute approximate surface area is 170 Å². The van der Waals surface area contributed by atoms with E-state index < -0.39 is 10.0 Å². The molecule has 1 atom stereocenters. The second-order valence-electron chi connectivity index (χ2n) is 6.70. The van der Waals surface area contributed by atoms with Crippen LogP contribution >= 0.6 is 0 Å². The number of para-hydroxylation sites is 1. The van der Waals surface area contributed by atoms with Crippen LogP contribution in [0.1, 0.15) is 22.2 Å². The zero-order valence-corrected chi connectivity index (χ0v) is 17.0. The highest BCUT2D eigenvalue weighted by atomic mass is 32.2. The number of benzene rings is 2. The lowest BCUT2D eigenvalue weighted by molar-refractivity contribution is 0.0939. The SMILES string of the molecule is CN(C)[C@H](CNC(=O)c1ccc(S(=O)(=O)Nc2ccccc2)cc1)c1ccco1. The van der Waals surface area contributed by atoms with Crippen molar-refractivity contribution in [2.24, 2.45) is 0 Å². The molecule has 0 bridgehead atoms. The lowest BCUT2D eigenvalue weighted by atomic mass is 10.2. The molecule has 0 saturated heterocycles. The van der Waals surface area contributed by atoms with Crippen molar-refractivity contribution < 1.29 is 17.6 Å². The lowest BCUT2D eigenvalue weighted by Gasteiger charge is -2.22. The Morgan fingerprint density at radius 3 is 2.28 bits per heavy atom. The molecule has 0 unspecified atom stereocenters. The van der Waals surface area contributed by atoms with Crippen LogP contribution in [0.5, 0.6) is 0 Å². The molecule has 2 N–H and O–H groups in total. The maximum absolute atomic E-state index is 12.5. The second-order valence-corrected chi connectivity index (χ2v) is 8.38. The van der Waals surface area contributed by atoms with E-state index in [-0.39, 0.29) is 16.8 Å². The molecule has 7 nitrogen and oxygen atoms in total. The number of hydrogen-bond acceptors (Lipinski definition) is 5. The molecule has 1 aromatic heterocycles. The minimum atomic E-state index is -3.72. The van der Waals surface area contributed by atoms with Gasteiger partial charge in [0.1, 0.15) is 5.76 Å². The van der Waals surface area contributed by atoms with Crippen molar-refractivity contribution in [1.82, 2.24) is 10.2 Å². The van der Waals surface area contributed by atoms with Crippen molar-refractivity contribution in [3.63, 3.8) is 0 Å². The van der Waals surface area contributed by atoms with E-state index in [4.69, 9.17) is 4.42 Å². The summed E-state index contributed by atoms with van der Waals surface area (Å²) >= 11 is 0. The molecule has 2 aromatic carbocycles. The van der Waals surface area contributed by atoms with E-state index in [1.54, 1.807) is 42.7 Å². The number of likely N-dealkylation sites (N-methyl/N-ethyl adjacent to an activating group) is 1. The third-order valence-corrected chi connectivity index (χ3v) is 5.80. The number of anilines is 1. The van der Waals surface area contributed by atoms with E-state index in [1.165, 1.54) is 24.3 Å². The van der Waals surface area contributed by atoms with Gasteiger partial charge in [0, 0.05) is 17.8 Å². The van der Waals surface area contributed by atoms with Crippen LogP contribution in [0.4, 0.5) is 5.69 Å². The summed E-state index contributed by atoms with van der Waals surface area (Å²) in [6, 6.07) is 18.0. The van der Waals surface area contributed by atoms with E-state index in [0.717, 1.165) is 5.76 Å². The van der Waals surface area contributed by atoms with Gasteiger partial charge in [-0.3, -0.25) is 14.4 Å². The molecular weight excluding hydrogens is 390 g/mol. The minimum absolute atomic E-state index is 0.0830. The highest BCUT2D eigenvalue weighted by Gasteiger charge is 2.19. The molecule has 0 aliphatic carbocycles. The van der Waals surface area contributed by atoms with Gasteiger partial charge < -0.3 is 9.73 Å². The van der Waals surface area contributed by atoms with Crippen LogP contribution in [0.15, 0.2) is 82.3 Å². The van der Waals surface area contributed by atoms with Crippen LogP contribution in [-0.4, -0.2) is 39.9 Å². The Balaban J connectivity index is 1.65. The third-order valence-electron chi connectivity index (χ3n) is 4.40. The Morgan fingerprint density at radius 1 is 1.00 bits per heavy atom. The topological polar surface area (TPSA) is 91.7 Å². The summed E-state index contributed by atoms with van der Waals surface area (Å²) in [5.41, 5.74) is 0.850. The van der Waals surface area contributed by atoms with E-state index >= 15 is 0 Å². The van der Waals surface area contributed by atoms with Gasteiger partial charge in [0.05, 0.1) is 17.2 Å². The fraction of sp³-hybridized carbons (Fsp3) is 0.190. The van der Waals surface area contributed by atoms with Crippen molar-refractivity contribution in [2.75, 3.05) is 25.4 Å². The first-order valence-corrected chi connectivity index (χ1v) is 10.5. The predicted octanol–water partition coefficient (Wildman–Crippen LogP) is 3.11. The van der Waals surface area contributed by atoms with E-state index in [2.05, 4.69) is 10.0 Å². The van der Waals surface area contributed by atoms with Crippen molar-refractivity contribution in [1.29, 1.82) is 0 Å². The zero-order chi connectivity index (χ0) is 20.9. The van der Waals surface area contributed by atoms with Gasteiger partial charge in [-0.1, -0.05) is 18.2 Å². The molecular formula is C21H23N3O4S. The van der Waals surface area contributed by atoms with Crippen molar-refractivity contribution in [2.45, 2.75) is 10.9 Å². The van der Waals surface area contributed by atoms with Crippen LogP contribution in [0.2, 0.25) is 0 Å². The molecule has 1 heterocycles. The third kappa shape index (κ3) is 5.24. The quantitative estimate of drug-likeness (QED) is 0.592. The number of carbonyl (C=O) groups is 1. The van der Waals surface area contributed by atoms with Gasteiger partial charge in [0.15, 0.2) is 0 Å². The van der Waals surface area contributed by atoms with E-state index in [0.29, 0.717) is 17.8 Å². The monoisotopic (exact) mass is 413 g/mol. The summed E-state index contributed by atoms with van der Waals surface area (Å²) < 4.78 is 32.9. The smallest absolute Gasteiger partial charge is 0.261 e. The minimum Gasteiger partial charge on any atom is -0.468 e. The molecule has 0 fully saturated rings. The summed E-state index contributed by atoms with van der Waals surface area (Å²) in [4.78, 5) is 14.5. The molecule has 0 radical (unpaired) electrons. The molecule has 8 heteroatoms. The molecule has 0 aliphatic heterocycles. The summed E-state index contributed by atoms with van der Waals surface area (Å²) in [5.74, 6) is 0.465. The van der Waals surface area contributed by atoms with Crippen LogP contribution in [0.25, 0.3) is 0 Å². The van der Waals surface area contributed by atoms with Gasteiger partial charge in [-0.15, -0.1) is 0 Å². The van der Waals surface area contributed by atoms with Gasteiger partial charge in [0.2, 0.25) is 0 Å². The van der Waals surface area contributed by atoms with Crippen LogP contribution in [-0.2, 0) is 10.0 Å². The van der Waals surface area contributed by atoms with Gasteiger partial charge in [-0.05, 0) is 62.6 Å². The van der Waals surface area contributed by atoms with Crippen LogP contribution in [0, 0.1) is 0 Å². The predicted molar refractivity (Wildman–Crippen MR) is 111 cm³/mol. The Kier molecular flexibility index (Phi) is 6.36. The first-order valence-electron chi connectivity index (χ1n) is 9.03. The number of furan rings is 1. The average molecular weight is 413 g/mol. The molecule has 29 heavy (non-hydrogen) atoms. The number of nitrogens with zero attached hydrogens (tertiary/aromatic N) is 1. The van der Waals surface area contributed by atoms with Crippen molar-refractivity contribution >= 4 is 21.6 Å². The highest BCUT2D eigenvalue weighted by Crippen LogP contribution is 2.19. The molecule has 3 aromatic rings. The van der Waals surface area contributed by atoms with Crippen LogP contribution in [0.3, 0.4) is 0 Å². The summed E-state index contributed by atoms with van der Waals surface area (Å²) in [7, 11) is 0.0799. The second kappa shape index (κ2) is 8.93. The zero-order valence-electron chi connectivity index (χ0n) is 16.2. The number of carbonyl (C=O) groups excluding carboxylic acids is 1. The van der Waals surface area contributed by atoms with Gasteiger partial charge in [0.25, 0.3) is 15.9 Å². The van der Waals surface area contributed by atoms with Gasteiger partial charge in [-0.25, -0.2) is 8.42 Å². The molecule has 3 rings (SSSR count). The molecule has 0 aliphatic rings. The molecule has 0 saturated carbocycles. The van der Waals surface area contributed by atoms with E-state index in [9.17, 15) is 13.2 Å². The summed E-state index contributed by atoms with van der Waals surface area (Å²) in [5, 5.41) is 2.86. The lowest BCUT2D eigenvalue weighted by Crippen LogP contribution is -2.34. The fourth-order valence-corrected chi connectivity index (χ4v) is 3.87.